The Labute approximate surface area is 105 Å². The van der Waals surface area contributed by atoms with Gasteiger partial charge in [0.15, 0.2) is 5.65 Å². The second-order valence-corrected chi connectivity index (χ2v) is 4.09. The summed E-state index contributed by atoms with van der Waals surface area (Å²) < 4.78 is 1.71. The Morgan fingerprint density at radius 1 is 1.50 bits per heavy atom. The molecule has 0 aliphatic rings. The molecule has 0 radical (unpaired) electrons. The van der Waals surface area contributed by atoms with Crippen molar-refractivity contribution < 1.29 is 4.79 Å². The molecule has 0 saturated heterocycles. The number of aromatic nitrogens is 3. The summed E-state index contributed by atoms with van der Waals surface area (Å²) in [6.45, 7) is 3.90. The van der Waals surface area contributed by atoms with Crippen LogP contribution >= 0.6 is 0 Å². The largest absolute Gasteiger partial charge is 0.341 e. The zero-order valence-corrected chi connectivity index (χ0v) is 10.6. The van der Waals surface area contributed by atoms with Crippen LogP contribution in [0.25, 0.3) is 11.0 Å². The molecule has 0 atom stereocenters. The average Bonchev–Trinajstić information content (AvgIpc) is 2.60. The third kappa shape index (κ3) is 1.93. The monoisotopic (exact) mass is 242 g/mol. The fourth-order valence-electron chi connectivity index (χ4n) is 1.89. The molecule has 2 rings (SSSR count). The predicted octanol–water partition coefficient (Wildman–Crippen LogP) is 0.948. The first-order valence-corrected chi connectivity index (χ1v) is 5.57. The number of aryl methyl sites for hydroxylation is 3. The number of amides is 1. The summed E-state index contributed by atoms with van der Waals surface area (Å²) in [6.07, 6.45) is 5.12. The van der Waals surface area contributed by atoms with Gasteiger partial charge in [-0.2, -0.15) is 5.10 Å². The van der Waals surface area contributed by atoms with Crippen molar-refractivity contribution in [1.29, 1.82) is 0 Å². The number of hydrogen-bond donors (Lipinski definition) is 1. The van der Waals surface area contributed by atoms with Crippen molar-refractivity contribution >= 4 is 16.9 Å². The molecule has 0 aliphatic heterocycles. The standard InChI is InChI=1S/C13H14N4O/c1-5-6-14-13(18)11-7-10-9(3)16-17(4)12(10)15-8(11)2/h1,7H,6H2,2-4H3,(H,14,18). The van der Waals surface area contributed by atoms with Crippen molar-refractivity contribution in [1.82, 2.24) is 20.1 Å². The van der Waals surface area contributed by atoms with Crippen molar-refractivity contribution in [3.05, 3.63) is 23.0 Å². The van der Waals surface area contributed by atoms with E-state index in [1.165, 1.54) is 0 Å². The van der Waals surface area contributed by atoms with Gasteiger partial charge in [0.25, 0.3) is 5.91 Å². The van der Waals surface area contributed by atoms with E-state index in [1.807, 2.05) is 20.0 Å². The lowest BCUT2D eigenvalue weighted by atomic mass is 10.1. The lowest BCUT2D eigenvalue weighted by molar-refractivity contribution is 0.0958. The molecule has 0 aromatic carbocycles. The minimum absolute atomic E-state index is 0.205. The van der Waals surface area contributed by atoms with Crippen LogP contribution in [0.3, 0.4) is 0 Å². The Kier molecular flexibility index (Phi) is 3.02. The van der Waals surface area contributed by atoms with E-state index in [1.54, 1.807) is 11.6 Å². The molecule has 0 aliphatic carbocycles. The molecule has 5 nitrogen and oxygen atoms in total. The molecule has 1 amide bonds. The topological polar surface area (TPSA) is 59.8 Å². The van der Waals surface area contributed by atoms with Gasteiger partial charge in [0.1, 0.15) is 0 Å². The Morgan fingerprint density at radius 3 is 2.89 bits per heavy atom. The maximum absolute atomic E-state index is 11.9. The molecule has 18 heavy (non-hydrogen) atoms. The fraction of sp³-hybridized carbons (Fsp3) is 0.308. The minimum Gasteiger partial charge on any atom is -0.341 e. The summed E-state index contributed by atoms with van der Waals surface area (Å²) in [5.74, 6) is 2.17. The zero-order chi connectivity index (χ0) is 13.3. The van der Waals surface area contributed by atoms with Crippen molar-refractivity contribution in [2.24, 2.45) is 7.05 Å². The van der Waals surface area contributed by atoms with Crippen LogP contribution in [0.4, 0.5) is 0 Å². The number of fused-ring (bicyclic) bond motifs is 1. The number of nitrogens with zero attached hydrogens (tertiary/aromatic N) is 3. The van der Waals surface area contributed by atoms with Crippen LogP contribution in [0, 0.1) is 26.2 Å². The van der Waals surface area contributed by atoms with E-state index < -0.39 is 0 Å². The average molecular weight is 242 g/mol. The lowest BCUT2D eigenvalue weighted by Gasteiger charge is -2.05. The molecule has 0 saturated carbocycles. The van der Waals surface area contributed by atoms with Gasteiger partial charge in [0.05, 0.1) is 23.5 Å². The van der Waals surface area contributed by atoms with Crippen molar-refractivity contribution in [2.45, 2.75) is 13.8 Å². The molecule has 1 N–H and O–H groups in total. The summed E-state index contributed by atoms with van der Waals surface area (Å²) >= 11 is 0. The van der Waals surface area contributed by atoms with E-state index in [4.69, 9.17) is 6.42 Å². The lowest BCUT2D eigenvalue weighted by Crippen LogP contribution is -2.24. The van der Waals surface area contributed by atoms with E-state index >= 15 is 0 Å². The van der Waals surface area contributed by atoms with Crippen LogP contribution in [-0.4, -0.2) is 27.2 Å². The van der Waals surface area contributed by atoms with Gasteiger partial charge in [-0.25, -0.2) is 4.98 Å². The Morgan fingerprint density at radius 2 is 2.22 bits per heavy atom. The minimum atomic E-state index is -0.205. The fourth-order valence-corrected chi connectivity index (χ4v) is 1.89. The summed E-state index contributed by atoms with van der Waals surface area (Å²) in [5.41, 5.74) is 2.83. The van der Waals surface area contributed by atoms with Gasteiger partial charge in [0, 0.05) is 12.4 Å². The van der Waals surface area contributed by atoms with E-state index in [0.717, 1.165) is 16.7 Å². The first-order chi connectivity index (χ1) is 8.54. The third-order valence-corrected chi connectivity index (χ3v) is 2.78. The summed E-state index contributed by atoms with van der Waals surface area (Å²) in [4.78, 5) is 16.3. The van der Waals surface area contributed by atoms with Gasteiger partial charge >= 0.3 is 0 Å². The second-order valence-electron chi connectivity index (χ2n) is 4.09. The van der Waals surface area contributed by atoms with E-state index in [0.29, 0.717) is 11.3 Å². The van der Waals surface area contributed by atoms with Crippen LogP contribution in [-0.2, 0) is 7.05 Å². The quantitative estimate of drug-likeness (QED) is 0.797. The molecule has 2 aromatic heterocycles. The number of rotatable bonds is 2. The number of carbonyl (C=O) groups is 1. The highest BCUT2D eigenvalue weighted by atomic mass is 16.1. The molecule has 92 valence electrons. The smallest absolute Gasteiger partial charge is 0.253 e. The molecule has 0 fully saturated rings. The van der Waals surface area contributed by atoms with Gasteiger partial charge in [-0.05, 0) is 19.9 Å². The van der Waals surface area contributed by atoms with E-state index in [2.05, 4.69) is 21.3 Å². The van der Waals surface area contributed by atoms with E-state index in [-0.39, 0.29) is 12.5 Å². The van der Waals surface area contributed by atoms with Crippen LogP contribution < -0.4 is 5.32 Å². The number of terminal acetylenes is 1. The van der Waals surface area contributed by atoms with Crippen LogP contribution in [0.2, 0.25) is 0 Å². The first-order valence-electron chi connectivity index (χ1n) is 5.57. The van der Waals surface area contributed by atoms with Crippen LogP contribution in [0.5, 0.6) is 0 Å². The number of carbonyl (C=O) groups excluding carboxylic acids is 1. The molecule has 2 heterocycles. The third-order valence-electron chi connectivity index (χ3n) is 2.78. The van der Waals surface area contributed by atoms with Gasteiger partial charge in [0.2, 0.25) is 0 Å². The number of nitrogens with one attached hydrogen (secondary N) is 1. The second kappa shape index (κ2) is 4.49. The summed E-state index contributed by atoms with van der Waals surface area (Å²) in [6, 6.07) is 1.81. The van der Waals surface area contributed by atoms with Gasteiger partial charge in [-0.3, -0.25) is 9.48 Å². The van der Waals surface area contributed by atoms with Gasteiger partial charge < -0.3 is 5.32 Å². The normalized spacial score (nSPS) is 10.3. The number of hydrogen-bond acceptors (Lipinski definition) is 3. The van der Waals surface area contributed by atoms with Crippen LogP contribution in [0.1, 0.15) is 21.7 Å². The SMILES string of the molecule is C#CCNC(=O)c1cc2c(C)nn(C)c2nc1C. The maximum atomic E-state index is 11.9. The van der Waals surface area contributed by atoms with E-state index in [9.17, 15) is 4.79 Å². The molecule has 0 unspecified atom stereocenters. The molecule has 0 bridgehead atoms. The molecule has 5 heteroatoms. The van der Waals surface area contributed by atoms with Crippen molar-refractivity contribution in [3.63, 3.8) is 0 Å². The van der Waals surface area contributed by atoms with Crippen LogP contribution in [0.15, 0.2) is 6.07 Å². The Bertz CT molecular complexity index is 664. The van der Waals surface area contributed by atoms with Crippen molar-refractivity contribution in [2.75, 3.05) is 6.54 Å². The highest BCUT2D eigenvalue weighted by Gasteiger charge is 2.14. The number of pyridine rings is 1. The first kappa shape index (κ1) is 12.1. The Hall–Kier alpha value is -2.35. The molecular weight excluding hydrogens is 228 g/mol. The molecule has 0 spiro atoms. The predicted molar refractivity (Wildman–Crippen MR) is 69.1 cm³/mol. The zero-order valence-electron chi connectivity index (χ0n) is 10.6. The Balaban J connectivity index is 2.53. The van der Waals surface area contributed by atoms with Gasteiger partial charge in [-0.1, -0.05) is 5.92 Å². The van der Waals surface area contributed by atoms with Gasteiger partial charge in [-0.15, -0.1) is 6.42 Å². The highest BCUT2D eigenvalue weighted by molar-refractivity contribution is 5.98. The molecular formula is C13H14N4O. The summed E-state index contributed by atoms with van der Waals surface area (Å²) in [7, 11) is 1.83. The maximum Gasteiger partial charge on any atom is 0.253 e. The summed E-state index contributed by atoms with van der Waals surface area (Å²) in [5, 5.41) is 7.81. The van der Waals surface area contributed by atoms with Crippen molar-refractivity contribution in [3.8, 4) is 12.3 Å². The molecule has 2 aromatic rings. The highest BCUT2D eigenvalue weighted by Crippen LogP contribution is 2.19.